The van der Waals surface area contributed by atoms with Gasteiger partial charge in [-0.05, 0) is 43.3 Å². The monoisotopic (exact) mass is 395 g/mol. The van der Waals surface area contributed by atoms with E-state index in [0.717, 1.165) is 11.3 Å². The molecule has 0 saturated carbocycles. The van der Waals surface area contributed by atoms with Crippen molar-refractivity contribution >= 4 is 23.7 Å². The van der Waals surface area contributed by atoms with Gasteiger partial charge in [0.1, 0.15) is 0 Å². The van der Waals surface area contributed by atoms with Gasteiger partial charge in [0.05, 0.1) is 30.3 Å². The summed E-state index contributed by atoms with van der Waals surface area (Å²) in [5.74, 6) is -0.118. The fourth-order valence-corrected chi connectivity index (χ4v) is 2.74. The SMILES string of the molecule is COc1cccc(/C=N/NC(=O)c2ccc(-c3ccc(Cl)cc3)nc2C)c1O. The molecule has 0 radical (unpaired) electrons. The molecule has 7 heteroatoms. The van der Waals surface area contributed by atoms with Crippen LogP contribution in [0.1, 0.15) is 21.6 Å². The number of para-hydroxylation sites is 1. The summed E-state index contributed by atoms with van der Waals surface area (Å²) in [4.78, 5) is 16.9. The number of aromatic nitrogens is 1. The summed E-state index contributed by atoms with van der Waals surface area (Å²) in [7, 11) is 1.46. The molecule has 2 aromatic carbocycles. The Balaban J connectivity index is 1.73. The number of pyridine rings is 1. The van der Waals surface area contributed by atoms with E-state index in [1.807, 2.05) is 12.1 Å². The van der Waals surface area contributed by atoms with Crippen LogP contribution >= 0.6 is 11.6 Å². The topological polar surface area (TPSA) is 83.8 Å². The van der Waals surface area contributed by atoms with Gasteiger partial charge in [-0.1, -0.05) is 29.8 Å². The molecule has 3 rings (SSSR count). The number of nitrogens with one attached hydrogen (secondary N) is 1. The zero-order valence-electron chi connectivity index (χ0n) is 15.3. The van der Waals surface area contributed by atoms with Crippen LogP contribution in [-0.2, 0) is 0 Å². The van der Waals surface area contributed by atoms with Crippen molar-refractivity contribution in [2.45, 2.75) is 6.92 Å². The number of amides is 1. The molecule has 3 aromatic rings. The van der Waals surface area contributed by atoms with E-state index in [-0.39, 0.29) is 5.75 Å². The molecule has 0 atom stereocenters. The van der Waals surface area contributed by atoms with Crippen LogP contribution in [0.4, 0.5) is 0 Å². The van der Waals surface area contributed by atoms with E-state index < -0.39 is 5.91 Å². The van der Waals surface area contributed by atoms with Crippen molar-refractivity contribution in [3.63, 3.8) is 0 Å². The Morgan fingerprint density at radius 2 is 1.93 bits per heavy atom. The average Bonchev–Trinajstić information content (AvgIpc) is 2.69. The molecule has 1 amide bonds. The van der Waals surface area contributed by atoms with Crippen molar-refractivity contribution in [3.05, 3.63) is 76.4 Å². The lowest BCUT2D eigenvalue weighted by Crippen LogP contribution is -2.19. The van der Waals surface area contributed by atoms with E-state index in [2.05, 4.69) is 15.5 Å². The minimum Gasteiger partial charge on any atom is -0.504 e. The van der Waals surface area contributed by atoms with E-state index in [4.69, 9.17) is 16.3 Å². The van der Waals surface area contributed by atoms with Gasteiger partial charge >= 0.3 is 0 Å². The maximum atomic E-state index is 12.4. The summed E-state index contributed by atoms with van der Waals surface area (Å²) in [5.41, 5.74) is 5.50. The first-order chi connectivity index (χ1) is 13.5. The molecule has 142 valence electrons. The molecule has 0 spiro atoms. The van der Waals surface area contributed by atoms with E-state index in [9.17, 15) is 9.90 Å². The predicted octanol–water partition coefficient (Wildman–Crippen LogP) is 4.19. The van der Waals surface area contributed by atoms with Gasteiger partial charge in [0.25, 0.3) is 5.91 Å². The zero-order valence-corrected chi connectivity index (χ0v) is 16.1. The number of rotatable bonds is 5. The predicted molar refractivity (Wildman–Crippen MR) is 109 cm³/mol. The van der Waals surface area contributed by atoms with Crippen molar-refractivity contribution in [2.75, 3.05) is 7.11 Å². The van der Waals surface area contributed by atoms with Crippen LogP contribution in [0.2, 0.25) is 5.02 Å². The molecule has 0 aliphatic carbocycles. The first kappa shape index (κ1) is 19.4. The lowest BCUT2D eigenvalue weighted by Gasteiger charge is -2.07. The number of carbonyl (C=O) groups excluding carboxylic acids is 1. The number of benzene rings is 2. The van der Waals surface area contributed by atoms with Crippen LogP contribution < -0.4 is 10.2 Å². The Bertz CT molecular complexity index is 1030. The highest BCUT2D eigenvalue weighted by Crippen LogP contribution is 2.28. The molecule has 0 aliphatic heterocycles. The van der Waals surface area contributed by atoms with Crippen LogP contribution in [0.15, 0.2) is 59.7 Å². The normalized spacial score (nSPS) is 10.8. The third kappa shape index (κ3) is 4.29. The van der Waals surface area contributed by atoms with Crippen molar-refractivity contribution < 1.29 is 14.6 Å². The van der Waals surface area contributed by atoms with E-state index in [1.165, 1.54) is 13.3 Å². The molecule has 0 saturated heterocycles. The maximum absolute atomic E-state index is 12.4. The molecule has 0 unspecified atom stereocenters. The van der Waals surface area contributed by atoms with E-state index in [1.54, 1.807) is 49.4 Å². The summed E-state index contributed by atoms with van der Waals surface area (Å²) in [6.07, 6.45) is 1.35. The number of hydrogen-bond donors (Lipinski definition) is 2. The Morgan fingerprint density at radius 3 is 2.61 bits per heavy atom. The molecule has 0 fully saturated rings. The smallest absolute Gasteiger partial charge is 0.273 e. The molecule has 2 N–H and O–H groups in total. The van der Waals surface area contributed by atoms with Gasteiger partial charge in [-0.25, -0.2) is 5.43 Å². The number of ether oxygens (including phenoxy) is 1. The van der Waals surface area contributed by atoms with E-state index in [0.29, 0.717) is 27.6 Å². The molecule has 0 aliphatic rings. The third-order valence-electron chi connectivity index (χ3n) is 4.09. The van der Waals surface area contributed by atoms with Gasteiger partial charge in [0.15, 0.2) is 11.5 Å². The highest BCUT2D eigenvalue weighted by molar-refractivity contribution is 6.30. The van der Waals surface area contributed by atoms with Crippen LogP contribution in [0, 0.1) is 6.92 Å². The average molecular weight is 396 g/mol. The first-order valence-electron chi connectivity index (χ1n) is 8.42. The van der Waals surface area contributed by atoms with Gasteiger partial charge in [-0.2, -0.15) is 5.10 Å². The van der Waals surface area contributed by atoms with Gasteiger partial charge in [-0.3, -0.25) is 9.78 Å². The summed E-state index contributed by atoms with van der Waals surface area (Å²) >= 11 is 5.91. The number of phenols is 1. The van der Waals surface area contributed by atoms with Gasteiger partial charge in [-0.15, -0.1) is 0 Å². The Kier molecular flexibility index (Phi) is 5.91. The quantitative estimate of drug-likeness (QED) is 0.501. The number of carbonyl (C=O) groups is 1. The molecular formula is C21H18ClN3O3. The van der Waals surface area contributed by atoms with Crippen molar-refractivity contribution in [1.29, 1.82) is 0 Å². The second-order valence-corrected chi connectivity index (χ2v) is 6.37. The second-order valence-electron chi connectivity index (χ2n) is 5.93. The van der Waals surface area contributed by atoms with Gasteiger partial charge < -0.3 is 9.84 Å². The van der Waals surface area contributed by atoms with Crippen molar-refractivity contribution in [1.82, 2.24) is 10.4 Å². The minimum atomic E-state index is -0.397. The number of phenolic OH excluding ortho intramolecular Hbond substituents is 1. The molecule has 0 bridgehead atoms. The largest absolute Gasteiger partial charge is 0.504 e. The minimum absolute atomic E-state index is 0.0480. The summed E-state index contributed by atoms with van der Waals surface area (Å²) in [6.45, 7) is 1.76. The first-order valence-corrected chi connectivity index (χ1v) is 8.80. The van der Waals surface area contributed by atoms with Crippen molar-refractivity contribution in [2.24, 2.45) is 5.10 Å². The lowest BCUT2D eigenvalue weighted by atomic mass is 10.1. The number of halogens is 1. The zero-order chi connectivity index (χ0) is 20.1. The summed E-state index contributed by atoms with van der Waals surface area (Å²) in [5, 5.41) is 14.6. The fourth-order valence-electron chi connectivity index (χ4n) is 2.61. The Hall–Kier alpha value is -3.38. The Morgan fingerprint density at radius 1 is 1.18 bits per heavy atom. The van der Waals surface area contributed by atoms with Gasteiger partial charge in [0.2, 0.25) is 0 Å². The highest BCUT2D eigenvalue weighted by atomic mass is 35.5. The number of aryl methyl sites for hydroxylation is 1. The molecule has 1 heterocycles. The standard InChI is InChI=1S/C21H18ClN3O3/c1-13-17(10-11-18(24-13)14-6-8-16(22)9-7-14)21(27)25-23-12-15-4-3-5-19(28-2)20(15)26/h3-12,26H,1-2H3,(H,25,27)/b23-12+. The molecular weight excluding hydrogens is 378 g/mol. The number of methoxy groups -OCH3 is 1. The number of hydrogen-bond acceptors (Lipinski definition) is 5. The van der Waals surface area contributed by atoms with Crippen LogP contribution in [0.3, 0.4) is 0 Å². The van der Waals surface area contributed by atoms with Crippen LogP contribution in [-0.4, -0.2) is 29.3 Å². The highest BCUT2D eigenvalue weighted by Gasteiger charge is 2.11. The number of nitrogens with zero attached hydrogens (tertiary/aromatic N) is 2. The van der Waals surface area contributed by atoms with Crippen LogP contribution in [0.5, 0.6) is 11.5 Å². The second kappa shape index (κ2) is 8.54. The van der Waals surface area contributed by atoms with Crippen LogP contribution in [0.25, 0.3) is 11.3 Å². The van der Waals surface area contributed by atoms with Gasteiger partial charge in [0, 0.05) is 16.1 Å². The third-order valence-corrected chi connectivity index (χ3v) is 4.34. The fraction of sp³-hybridized carbons (Fsp3) is 0.0952. The van der Waals surface area contributed by atoms with Crippen molar-refractivity contribution in [3.8, 4) is 22.8 Å². The molecule has 1 aromatic heterocycles. The Labute approximate surface area is 167 Å². The maximum Gasteiger partial charge on any atom is 0.273 e. The number of aromatic hydroxyl groups is 1. The molecule has 28 heavy (non-hydrogen) atoms. The van der Waals surface area contributed by atoms with E-state index >= 15 is 0 Å². The summed E-state index contributed by atoms with van der Waals surface area (Å²) < 4.78 is 5.04. The summed E-state index contributed by atoms with van der Waals surface area (Å²) in [6, 6.07) is 15.8. The lowest BCUT2D eigenvalue weighted by molar-refractivity contribution is 0.0954. The number of hydrazone groups is 1. The molecule has 6 nitrogen and oxygen atoms in total.